The van der Waals surface area contributed by atoms with E-state index in [1.54, 1.807) is 0 Å². The van der Waals surface area contributed by atoms with Crippen LogP contribution in [0.15, 0.2) is 0 Å². The molecule has 0 radical (unpaired) electrons. The molecule has 20 heavy (non-hydrogen) atoms. The molecule has 2 unspecified atom stereocenters. The fourth-order valence-corrected chi connectivity index (χ4v) is 3.26. The molecular weight excluding hydrogens is 252 g/mol. The van der Waals surface area contributed by atoms with E-state index in [1.165, 1.54) is 6.42 Å². The van der Waals surface area contributed by atoms with Gasteiger partial charge >= 0.3 is 0 Å². The van der Waals surface area contributed by atoms with Crippen LogP contribution in [0, 0.1) is 5.92 Å². The SMILES string of the molecule is CC(C)CN(C(=O)CN1CCCCC1C(C)O)C1CC1. The summed E-state index contributed by atoms with van der Waals surface area (Å²) in [7, 11) is 0. The second kappa shape index (κ2) is 6.90. The standard InChI is InChI=1S/C16H30N2O2/c1-12(2)10-18(14-7-8-14)16(20)11-17-9-5-4-6-15(17)13(3)19/h12-15,19H,4-11H2,1-3H3. The maximum absolute atomic E-state index is 12.6. The highest BCUT2D eigenvalue weighted by Gasteiger charge is 2.35. The van der Waals surface area contributed by atoms with E-state index < -0.39 is 0 Å². The van der Waals surface area contributed by atoms with Gasteiger partial charge in [-0.25, -0.2) is 0 Å². The maximum atomic E-state index is 12.6. The predicted molar refractivity (Wildman–Crippen MR) is 80.5 cm³/mol. The Bertz CT molecular complexity index is 326. The zero-order valence-electron chi connectivity index (χ0n) is 13.2. The van der Waals surface area contributed by atoms with Gasteiger partial charge in [0.25, 0.3) is 0 Å². The summed E-state index contributed by atoms with van der Waals surface area (Å²) < 4.78 is 0. The molecule has 0 bridgehead atoms. The van der Waals surface area contributed by atoms with Crippen LogP contribution in [0.5, 0.6) is 0 Å². The number of carbonyl (C=O) groups is 1. The predicted octanol–water partition coefficient (Wildman–Crippen LogP) is 1.87. The third-order valence-electron chi connectivity index (χ3n) is 4.43. The molecule has 0 aromatic rings. The first-order valence-corrected chi connectivity index (χ1v) is 8.20. The van der Waals surface area contributed by atoms with Crippen molar-refractivity contribution in [2.24, 2.45) is 5.92 Å². The van der Waals surface area contributed by atoms with Gasteiger partial charge in [-0.3, -0.25) is 9.69 Å². The number of hydrogen-bond acceptors (Lipinski definition) is 3. The topological polar surface area (TPSA) is 43.8 Å². The second-order valence-electron chi connectivity index (χ2n) is 6.95. The number of amides is 1. The van der Waals surface area contributed by atoms with Crippen LogP contribution in [0.3, 0.4) is 0 Å². The molecule has 1 heterocycles. The first kappa shape index (κ1) is 15.8. The molecule has 116 valence electrons. The van der Waals surface area contributed by atoms with Crippen molar-refractivity contribution in [3.05, 3.63) is 0 Å². The van der Waals surface area contributed by atoms with Gasteiger partial charge in [-0.15, -0.1) is 0 Å². The minimum absolute atomic E-state index is 0.160. The van der Waals surface area contributed by atoms with Gasteiger partial charge < -0.3 is 10.0 Å². The van der Waals surface area contributed by atoms with Crippen molar-refractivity contribution in [3.63, 3.8) is 0 Å². The van der Waals surface area contributed by atoms with E-state index in [0.29, 0.717) is 18.5 Å². The van der Waals surface area contributed by atoms with Crippen LogP contribution in [0.25, 0.3) is 0 Å². The summed E-state index contributed by atoms with van der Waals surface area (Å²) in [6, 6.07) is 0.646. The van der Waals surface area contributed by atoms with Crippen LogP contribution in [0.2, 0.25) is 0 Å². The van der Waals surface area contributed by atoms with E-state index >= 15 is 0 Å². The molecule has 1 saturated carbocycles. The summed E-state index contributed by atoms with van der Waals surface area (Å²) >= 11 is 0. The van der Waals surface area contributed by atoms with Crippen LogP contribution in [0.1, 0.15) is 52.9 Å². The number of piperidine rings is 1. The number of rotatable bonds is 6. The fourth-order valence-electron chi connectivity index (χ4n) is 3.26. The first-order chi connectivity index (χ1) is 9.49. The second-order valence-corrected chi connectivity index (χ2v) is 6.95. The van der Waals surface area contributed by atoms with Crippen LogP contribution >= 0.6 is 0 Å². The van der Waals surface area contributed by atoms with E-state index in [2.05, 4.69) is 23.6 Å². The molecule has 2 atom stereocenters. The highest BCUT2D eigenvalue weighted by molar-refractivity contribution is 5.79. The van der Waals surface area contributed by atoms with Crippen LogP contribution in [-0.2, 0) is 4.79 Å². The Hall–Kier alpha value is -0.610. The summed E-state index contributed by atoms with van der Waals surface area (Å²) in [6.07, 6.45) is 5.31. The molecule has 4 heteroatoms. The van der Waals surface area contributed by atoms with Gasteiger partial charge in [0.15, 0.2) is 0 Å². The van der Waals surface area contributed by atoms with Crippen LogP contribution in [-0.4, -0.2) is 58.6 Å². The van der Waals surface area contributed by atoms with Crippen molar-refractivity contribution in [1.82, 2.24) is 9.80 Å². The molecule has 1 amide bonds. The Kier molecular flexibility index (Phi) is 5.44. The lowest BCUT2D eigenvalue weighted by molar-refractivity contribution is -0.135. The zero-order chi connectivity index (χ0) is 14.7. The molecule has 4 nitrogen and oxygen atoms in total. The van der Waals surface area contributed by atoms with Gasteiger partial charge in [0.1, 0.15) is 0 Å². The van der Waals surface area contributed by atoms with E-state index in [-0.39, 0.29) is 18.1 Å². The van der Waals surface area contributed by atoms with Crippen molar-refractivity contribution in [2.45, 2.75) is 71.1 Å². The van der Waals surface area contributed by atoms with Crippen molar-refractivity contribution >= 4 is 5.91 Å². The lowest BCUT2D eigenvalue weighted by Crippen LogP contribution is -2.51. The third-order valence-corrected chi connectivity index (χ3v) is 4.43. The van der Waals surface area contributed by atoms with Crippen LogP contribution in [0.4, 0.5) is 0 Å². The normalized spacial score (nSPS) is 25.8. The third kappa shape index (κ3) is 4.19. The number of aliphatic hydroxyl groups excluding tert-OH is 1. The Morgan fingerprint density at radius 3 is 2.50 bits per heavy atom. The lowest BCUT2D eigenvalue weighted by Gasteiger charge is -2.38. The smallest absolute Gasteiger partial charge is 0.237 e. The number of hydrogen-bond donors (Lipinski definition) is 1. The molecular formula is C16H30N2O2. The molecule has 0 spiro atoms. The Morgan fingerprint density at radius 1 is 1.25 bits per heavy atom. The van der Waals surface area contributed by atoms with E-state index in [4.69, 9.17) is 0 Å². The number of nitrogens with zero attached hydrogens (tertiary/aromatic N) is 2. The molecule has 2 aliphatic rings. The fraction of sp³-hybridized carbons (Fsp3) is 0.938. The van der Waals surface area contributed by atoms with Crippen molar-refractivity contribution in [1.29, 1.82) is 0 Å². The molecule has 0 aromatic heterocycles. The average Bonchev–Trinajstić information content (AvgIpc) is 3.20. The quantitative estimate of drug-likeness (QED) is 0.809. The van der Waals surface area contributed by atoms with Crippen LogP contribution < -0.4 is 0 Å². The summed E-state index contributed by atoms with van der Waals surface area (Å²) in [4.78, 5) is 16.9. The Labute approximate surface area is 123 Å². The van der Waals surface area contributed by atoms with Crippen molar-refractivity contribution < 1.29 is 9.90 Å². The molecule has 1 aliphatic carbocycles. The summed E-state index contributed by atoms with van der Waals surface area (Å²) in [5, 5.41) is 9.90. The van der Waals surface area contributed by atoms with E-state index in [9.17, 15) is 9.90 Å². The Morgan fingerprint density at radius 2 is 1.95 bits per heavy atom. The van der Waals surface area contributed by atoms with Crippen molar-refractivity contribution in [2.75, 3.05) is 19.6 Å². The van der Waals surface area contributed by atoms with Crippen molar-refractivity contribution in [3.8, 4) is 0 Å². The van der Waals surface area contributed by atoms with Gasteiger partial charge in [0.05, 0.1) is 12.6 Å². The summed E-state index contributed by atoms with van der Waals surface area (Å²) in [5.41, 5.74) is 0. The lowest BCUT2D eigenvalue weighted by atomic mass is 9.98. The molecule has 1 aliphatic heterocycles. The van der Waals surface area contributed by atoms with Gasteiger partial charge in [-0.2, -0.15) is 0 Å². The first-order valence-electron chi connectivity index (χ1n) is 8.20. The van der Waals surface area contributed by atoms with Gasteiger partial charge in [-0.05, 0) is 45.1 Å². The Balaban J connectivity index is 1.93. The summed E-state index contributed by atoms with van der Waals surface area (Å²) in [6.45, 7) is 8.49. The maximum Gasteiger partial charge on any atom is 0.237 e. The molecule has 1 saturated heterocycles. The molecule has 2 fully saturated rings. The van der Waals surface area contributed by atoms with E-state index in [0.717, 1.165) is 38.8 Å². The molecule has 0 aromatic carbocycles. The highest BCUT2D eigenvalue weighted by Crippen LogP contribution is 2.28. The highest BCUT2D eigenvalue weighted by atomic mass is 16.3. The monoisotopic (exact) mass is 282 g/mol. The average molecular weight is 282 g/mol. The number of likely N-dealkylation sites (tertiary alicyclic amines) is 1. The van der Waals surface area contributed by atoms with E-state index in [1.807, 2.05) is 6.92 Å². The number of carbonyl (C=O) groups excluding carboxylic acids is 1. The van der Waals surface area contributed by atoms with Gasteiger partial charge in [0.2, 0.25) is 5.91 Å². The minimum Gasteiger partial charge on any atom is -0.392 e. The van der Waals surface area contributed by atoms with Gasteiger partial charge in [0, 0.05) is 18.6 Å². The summed E-state index contributed by atoms with van der Waals surface area (Å²) in [5.74, 6) is 0.780. The minimum atomic E-state index is -0.345. The number of aliphatic hydroxyl groups is 1. The molecule has 2 rings (SSSR count). The largest absolute Gasteiger partial charge is 0.392 e. The molecule has 1 N–H and O–H groups in total. The van der Waals surface area contributed by atoms with Gasteiger partial charge in [-0.1, -0.05) is 20.3 Å². The zero-order valence-corrected chi connectivity index (χ0v) is 13.2.